The number of unbranched alkanes of at least 4 members (excludes halogenated alkanes) is 2. The van der Waals surface area contributed by atoms with Crippen LogP contribution < -0.4 is 0 Å². The van der Waals surface area contributed by atoms with E-state index < -0.39 is 0 Å². The summed E-state index contributed by atoms with van der Waals surface area (Å²) in [6, 6.07) is 20.4. The zero-order valence-corrected chi connectivity index (χ0v) is 23.9. The lowest BCUT2D eigenvalue weighted by molar-refractivity contribution is 0.303. The van der Waals surface area contributed by atoms with Gasteiger partial charge in [0.05, 0.1) is 8.95 Å². The van der Waals surface area contributed by atoms with Crippen molar-refractivity contribution in [2.75, 3.05) is 0 Å². The second-order valence-corrected chi connectivity index (χ2v) is 12.4. The summed E-state index contributed by atoms with van der Waals surface area (Å²) in [6.45, 7) is 2.30. The summed E-state index contributed by atoms with van der Waals surface area (Å²) in [5.41, 5.74) is 7.97. The fourth-order valence-electron chi connectivity index (χ4n) is 5.87. The molecule has 0 atom stereocenters. The summed E-state index contributed by atoms with van der Waals surface area (Å²) >= 11 is 7.00. The molecule has 2 aliphatic rings. The van der Waals surface area contributed by atoms with Gasteiger partial charge in [0, 0.05) is 0 Å². The Kier molecular flexibility index (Phi) is 8.04. The molecule has 1 nitrogen and oxygen atoms in total. The van der Waals surface area contributed by atoms with Gasteiger partial charge in [-0.05, 0) is 134 Å². The minimum Gasteiger partial charge on any atom is -0.506 e. The average Bonchev–Trinajstić information content (AvgIpc) is 3.73. The molecule has 2 saturated carbocycles. The van der Waals surface area contributed by atoms with Gasteiger partial charge in [-0.1, -0.05) is 75.1 Å². The van der Waals surface area contributed by atoms with Crippen LogP contribution in [0.2, 0.25) is 0 Å². The molecule has 3 aromatic rings. The monoisotopic (exact) mass is 594 g/mol. The average molecular weight is 596 g/mol. The van der Waals surface area contributed by atoms with Crippen molar-refractivity contribution in [3.63, 3.8) is 0 Å². The van der Waals surface area contributed by atoms with Crippen LogP contribution in [0.4, 0.5) is 0 Å². The highest BCUT2D eigenvalue weighted by molar-refractivity contribution is 9.11. The van der Waals surface area contributed by atoms with Gasteiger partial charge in [0.1, 0.15) is 5.75 Å². The maximum Gasteiger partial charge on any atom is 0.143 e. The Morgan fingerprint density at radius 1 is 0.714 bits per heavy atom. The number of benzene rings is 3. The first-order valence-electron chi connectivity index (χ1n) is 13.5. The molecule has 3 aromatic carbocycles. The van der Waals surface area contributed by atoms with Crippen LogP contribution in [0.15, 0.2) is 63.5 Å². The Bertz CT molecular complexity index is 1130. The van der Waals surface area contributed by atoms with Crippen LogP contribution in [0.25, 0.3) is 22.3 Å². The van der Waals surface area contributed by atoms with Gasteiger partial charge in [0.25, 0.3) is 0 Å². The summed E-state index contributed by atoms with van der Waals surface area (Å²) in [5, 5.41) is 10.1. The second kappa shape index (κ2) is 11.2. The van der Waals surface area contributed by atoms with E-state index in [1.165, 1.54) is 92.0 Å². The lowest BCUT2D eigenvalue weighted by Crippen LogP contribution is -2.13. The standard InChI is InChI=1S/C32H36Br2O/c1-2-3-4-5-21-6-8-22(9-7-21)23-10-12-24(13-11-23)26-16-17-28(29(18-26)25-14-15-25)27-19-30(33)32(35)31(34)20-27/h10-13,16-22,25,35H,2-9,14-15H2,1H3/t21-,22-. The molecular formula is C32H36Br2O. The van der Waals surface area contributed by atoms with Crippen LogP contribution in [0.5, 0.6) is 5.75 Å². The van der Waals surface area contributed by atoms with Gasteiger partial charge in [-0.15, -0.1) is 0 Å². The lowest BCUT2D eigenvalue weighted by atomic mass is 9.77. The summed E-state index contributed by atoms with van der Waals surface area (Å²) in [4.78, 5) is 0. The van der Waals surface area contributed by atoms with E-state index in [9.17, 15) is 5.11 Å². The molecule has 0 spiro atoms. The number of halogens is 2. The molecule has 184 valence electrons. The largest absolute Gasteiger partial charge is 0.506 e. The highest BCUT2D eigenvalue weighted by Gasteiger charge is 2.27. The van der Waals surface area contributed by atoms with Crippen LogP contribution in [0.3, 0.4) is 0 Å². The normalized spacial score (nSPS) is 20.2. The Labute approximate surface area is 227 Å². The second-order valence-electron chi connectivity index (χ2n) is 10.7. The fraction of sp³-hybridized carbons (Fsp3) is 0.438. The first-order chi connectivity index (χ1) is 17.0. The van der Waals surface area contributed by atoms with E-state index in [-0.39, 0.29) is 5.75 Å². The first-order valence-corrected chi connectivity index (χ1v) is 15.0. The zero-order chi connectivity index (χ0) is 24.4. The number of hydrogen-bond acceptors (Lipinski definition) is 1. The number of aromatic hydroxyl groups is 1. The molecule has 5 rings (SSSR count). The number of rotatable bonds is 8. The van der Waals surface area contributed by atoms with E-state index in [1.54, 1.807) is 0 Å². The summed E-state index contributed by atoms with van der Waals surface area (Å²) in [7, 11) is 0. The fourth-order valence-corrected chi connectivity index (χ4v) is 7.06. The smallest absolute Gasteiger partial charge is 0.143 e. The predicted molar refractivity (Wildman–Crippen MR) is 155 cm³/mol. The molecule has 0 radical (unpaired) electrons. The van der Waals surface area contributed by atoms with Gasteiger partial charge >= 0.3 is 0 Å². The molecule has 0 bridgehead atoms. The van der Waals surface area contributed by atoms with Gasteiger partial charge < -0.3 is 5.11 Å². The zero-order valence-electron chi connectivity index (χ0n) is 20.7. The van der Waals surface area contributed by atoms with Crippen molar-refractivity contribution in [3.8, 4) is 28.0 Å². The molecular weight excluding hydrogens is 560 g/mol. The number of hydrogen-bond donors (Lipinski definition) is 1. The quantitative estimate of drug-likeness (QED) is 0.257. The molecule has 0 heterocycles. The van der Waals surface area contributed by atoms with Crippen molar-refractivity contribution in [1.82, 2.24) is 0 Å². The molecule has 2 aliphatic carbocycles. The van der Waals surface area contributed by atoms with Crippen LogP contribution in [-0.2, 0) is 0 Å². The van der Waals surface area contributed by atoms with Crippen LogP contribution >= 0.6 is 31.9 Å². The molecule has 0 aromatic heterocycles. The van der Waals surface area contributed by atoms with Gasteiger partial charge in [-0.2, -0.15) is 0 Å². The lowest BCUT2D eigenvalue weighted by Gasteiger charge is -2.29. The first kappa shape index (κ1) is 25.1. The Balaban J connectivity index is 1.32. The molecule has 2 fully saturated rings. The Morgan fingerprint density at radius 2 is 1.34 bits per heavy atom. The maximum atomic E-state index is 10.1. The Morgan fingerprint density at radius 3 is 1.97 bits per heavy atom. The number of phenols is 1. The third-order valence-corrected chi connectivity index (χ3v) is 9.38. The molecule has 35 heavy (non-hydrogen) atoms. The maximum absolute atomic E-state index is 10.1. The highest BCUT2D eigenvalue weighted by atomic mass is 79.9. The van der Waals surface area contributed by atoms with E-state index in [1.807, 2.05) is 12.1 Å². The van der Waals surface area contributed by atoms with Crippen molar-refractivity contribution in [1.29, 1.82) is 0 Å². The molecule has 0 aliphatic heterocycles. The van der Waals surface area contributed by atoms with Crippen molar-refractivity contribution in [2.24, 2.45) is 5.92 Å². The van der Waals surface area contributed by atoms with E-state index in [0.29, 0.717) is 5.92 Å². The molecule has 0 saturated heterocycles. The summed E-state index contributed by atoms with van der Waals surface area (Å²) in [6.07, 6.45) is 13.6. The van der Waals surface area contributed by atoms with Crippen LogP contribution in [0.1, 0.15) is 94.1 Å². The molecule has 3 heteroatoms. The van der Waals surface area contributed by atoms with Gasteiger partial charge in [0.15, 0.2) is 0 Å². The van der Waals surface area contributed by atoms with Crippen molar-refractivity contribution in [2.45, 2.75) is 83.0 Å². The van der Waals surface area contributed by atoms with Crippen molar-refractivity contribution < 1.29 is 5.11 Å². The van der Waals surface area contributed by atoms with E-state index in [2.05, 4.69) is 81.2 Å². The summed E-state index contributed by atoms with van der Waals surface area (Å²) in [5.74, 6) is 2.60. The minimum absolute atomic E-state index is 0.253. The minimum atomic E-state index is 0.253. The van der Waals surface area contributed by atoms with Crippen LogP contribution in [0, 0.1) is 5.92 Å². The van der Waals surface area contributed by atoms with Gasteiger partial charge in [-0.25, -0.2) is 0 Å². The number of phenolic OH excluding ortho intramolecular Hbond substituents is 1. The Hall–Kier alpha value is -1.58. The van der Waals surface area contributed by atoms with E-state index in [4.69, 9.17) is 0 Å². The third kappa shape index (κ3) is 5.88. The van der Waals surface area contributed by atoms with E-state index in [0.717, 1.165) is 26.3 Å². The SMILES string of the molecule is CCCCC[C@H]1CC[C@H](c2ccc(-c3ccc(-c4cc(Br)c(O)c(Br)c4)c(C4CC4)c3)cc2)CC1. The molecule has 1 N–H and O–H groups in total. The molecule has 0 amide bonds. The summed E-state index contributed by atoms with van der Waals surface area (Å²) < 4.78 is 1.44. The topological polar surface area (TPSA) is 20.2 Å². The van der Waals surface area contributed by atoms with Gasteiger partial charge in [-0.3, -0.25) is 0 Å². The predicted octanol–water partition coefficient (Wildman–Crippen LogP) is 11.0. The third-order valence-electron chi connectivity index (χ3n) is 8.17. The van der Waals surface area contributed by atoms with Gasteiger partial charge in [0.2, 0.25) is 0 Å². The van der Waals surface area contributed by atoms with E-state index >= 15 is 0 Å². The van der Waals surface area contributed by atoms with Crippen molar-refractivity contribution >= 4 is 31.9 Å². The van der Waals surface area contributed by atoms with Crippen LogP contribution in [-0.4, -0.2) is 5.11 Å². The van der Waals surface area contributed by atoms with Crippen molar-refractivity contribution in [3.05, 3.63) is 74.7 Å². The highest BCUT2D eigenvalue weighted by Crippen LogP contribution is 2.47. The molecule has 0 unspecified atom stereocenters.